The molecule has 1 unspecified atom stereocenters. The van der Waals surface area contributed by atoms with Gasteiger partial charge < -0.3 is 10.2 Å². The zero-order chi connectivity index (χ0) is 24.1. The lowest BCUT2D eigenvalue weighted by molar-refractivity contribution is -0.132. The van der Waals surface area contributed by atoms with Gasteiger partial charge in [0.15, 0.2) is 5.13 Å². The van der Waals surface area contributed by atoms with E-state index >= 15 is 0 Å². The molecule has 1 amide bonds. The number of carboxylic acid groups (broad SMARTS) is 1. The molecule has 1 saturated heterocycles. The molecule has 7 nitrogen and oxygen atoms in total. The monoisotopic (exact) mass is 490 g/mol. The molecule has 1 fully saturated rings. The van der Waals surface area contributed by atoms with Crippen molar-refractivity contribution < 1.29 is 24.6 Å². The molecule has 5 rings (SSSR count). The van der Waals surface area contributed by atoms with Gasteiger partial charge in [0.1, 0.15) is 11.8 Å². The Morgan fingerprint density at radius 2 is 1.85 bits per heavy atom. The van der Waals surface area contributed by atoms with Gasteiger partial charge in [-0.05, 0) is 55.1 Å². The van der Waals surface area contributed by atoms with Crippen molar-refractivity contribution in [3.8, 4) is 0 Å². The van der Waals surface area contributed by atoms with Crippen LogP contribution in [-0.4, -0.2) is 32.9 Å². The largest absolute Gasteiger partial charge is 0.507 e. The molecule has 170 valence electrons. The van der Waals surface area contributed by atoms with E-state index in [1.807, 2.05) is 37.4 Å². The van der Waals surface area contributed by atoms with Crippen LogP contribution in [0.15, 0.2) is 59.5 Å². The smallest absolute Gasteiger partial charge is 0.335 e. The van der Waals surface area contributed by atoms with E-state index in [-0.39, 0.29) is 22.0 Å². The first-order chi connectivity index (χ1) is 16.3. The van der Waals surface area contributed by atoms with Crippen LogP contribution in [0.5, 0.6) is 0 Å². The summed E-state index contributed by atoms with van der Waals surface area (Å²) >= 11 is 2.49. The Morgan fingerprint density at radius 3 is 2.56 bits per heavy atom. The van der Waals surface area contributed by atoms with Gasteiger partial charge in [-0.2, -0.15) is 0 Å². The molecule has 1 aliphatic heterocycles. The zero-order valence-electron chi connectivity index (χ0n) is 18.1. The molecule has 2 aromatic heterocycles. The van der Waals surface area contributed by atoms with Gasteiger partial charge in [-0.15, -0.1) is 11.3 Å². The van der Waals surface area contributed by atoms with Crippen molar-refractivity contribution in [1.82, 2.24) is 4.98 Å². The van der Waals surface area contributed by atoms with Crippen LogP contribution in [0.4, 0.5) is 5.13 Å². The molecule has 4 aromatic rings. The normalized spacial score (nSPS) is 17.6. The predicted octanol–water partition coefficient (Wildman–Crippen LogP) is 5.30. The van der Waals surface area contributed by atoms with E-state index in [2.05, 4.69) is 4.98 Å². The maximum atomic E-state index is 13.3. The number of anilines is 1. The number of hydrogen-bond donors (Lipinski definition) is 2. The van der Waals surface area contributed by atoms with Gasteiger partial charge in [0.2, 0.25) is 0 Å². The van der Waals surface area contributed by atoms with Gasteiger partial charge >= 0.3 is 11.9 Å². The summed E-state index contributed by atoms with van der Waals surface area (Å²) < 4.78 is 0.580. The number of carbonyl (C=O) groups is 3. The molecule has 0 aliphatic carbocycles. The summed E-state index contributed by atoms with van der Waals surface area (Å²) in [5.74, 6) is -2.87. The van der Waals surface area contributed by atoms with Crippen LogP contribution in [0.25, 0.3) is 16.0 Å². The average molecular weight is 491 g/mol. The highest BCUT2D eigenvalue weighted by molar-refractivity contribution is 7.22. The van der Waals surface area contributed by atoms with Crippen molar-refractivity contribution in [2.45, 2.75) is 19.9 Å². The minimum absolute atomic E-state index is 0.00614. The zero-order valence-corrected chi connectivity index (χ0v) is 19.7. The molecule has 0 radical (unpaired) electrons. The summed E-state index contributed by atoms with van der Waals surface area (Å²) in [5.41, 5.74) is 2.82. The second-order valence-electron chi connectivity index (χ2n) is 7.99. The number of ketones is 1. The molecule has 9 heteroatoms. The molecule has 1 atom stereocenters. The highest BCUT2D eigenvalue weighted by Gasteiger charge is 2.48. The Bertz CT molecular complexity index is 1520. The standard InChI is InChI=1S/C25H18N2O5S2/c1-12-5-6-13(2)15(10-12)21(28)19-20(17-4-3-9-33-17)27(23(30)22(19)29)25-26-16-8-7-14(24(31)32)11-18(16)34-25/h3-11,20,28H,1-2H3,(H,31,32)/b21-19+. The Morgan fingerprint density at radius 1 is 1.06 bits per heavy atom. The molecule has 2 aromatic carbocycles. The van der Waals surface area contributed by atoms with E-state index in [4.69, 9.17) is 0 Å². The quantitative estimate of drug-likeness (QED) is 0.228. The number of thiophene rings is 1. The maximum Gasteiger partial charge on any atom is 0.335 e. The summed E-state index contributed by atoms with van der Waals surface area (Å²) in [6.07, 6.45) is 0. The van der Waals surface area contributed by atoms with Crippen LogP contribution < -0.4 is 4.90 Å². The van der Waals surface area contributed by atoms with Crippen LogP contribution in [0.1, 0.15) is 38.0 Å². The lowest BCUT2D eigenvalue weighted by Gasteiger charge is -2.21. The van der Waals surface area contributed by atoms with Crippen molar-refractivity contribution in [3.63, 3.8) is 0 Å². The molecular weight excluding hydrogens is 472 g/mol. The second-order valence-corrected chi connectivity index (χ2v) is 9.98. The van der Waals surface area contributed by atoms with E-state index in [0.29, 0.717) is 20.7 Å². The number of rotatable bonds is 4. The van der Waals surface area contributed by atoms with E-state index in [1.165, 1.54) is 28.4 Å². The van der Waals surface area contributed by atoms with Crippen LogP contribution >= 0.6 is 22.7 Å². The van der Waals surface area contributed by atoms with E-state index in [9.17, 15) is 24.6 Å². The topological polar surface area (TPSA) is 108 Å². The molecule has 2 N–H and O–H groups in total. The first-order valence-electron chi connectivity index (χ1n) is 10.3. The summed E-state index contributed by atoms with van der Waals surface area (Å²) in [7, 11) is 0. The van der Waals surface area contributed by atoms with Gasteiger partial charge in [0.05, 0.1) is 21.4 Å². The van der Waals surface area contributed by atoms with Gasteiger partial charge in [0.25, 0.3) is 5.78 Å². The van der Waals surface area contributed by atoms with Crippen LogP contribution in [0.2, 0.25) is 0 Å². The molecule has 34 heavy (non-hydrogen) atoms. The molecular formula is C25H18N2O5S2. The van der Waals surface area contributed by atoms with Gasteiger partial charge in [-0.25, -0.2) is 9.78 Å². The van der Waals surface area contributed by atoms with Crippen molar-refractivity contribution >= 4 is 61.4 Å². The third-order valence-corrected chi connectivity index (χ3v) is 7.68. The molecule has 3 heterocycles. The fourth-order valence-corrected chi connectivity index (χ4v) is 5.89. The molecule has 1 aliphatic rings. The molecule has 0 spiro atoms. The van der Waals surface area contributed by atoms with E-state index in [1.54, 1.807) is 18.2 Å². The minimum Gasteiger partial charge on any atom is -0.507 e. The number of carbonyl (C=O) groups excluding carboxylic acids is 2. The summed E-state index contributed by atoms with van der Waals surface area (Å²) in [4.78, 5) is 44.4. The fourth-order valence-electron chi connectivity index (χ4n) is 4.03. The Hall–Kier alpha value is -3.82. The Kier molecular flexibility index (Phi) is 5.30. The van der Waals surface area contributed by atoms with Gasteiger partial charge in [-0.1, -0.05) is 35.1 Å². The first-order valence-corrected chi connectivity index (χ1v) is 12.0. The van der Waals surface area contributed by atoms with Gasteiger partial charge in [-0.3, -0.25) is 14.5 Å². The van der Waals surface area contributed by atoms with Crippen LogP contribution in [0, 0.1) is 13.8 Å². The number of benzene rings is 2. The van der Waals surface area contributed by atoms with Crippen molar-refractivity contribution in [2.75, 3.05) is 4.90 Å². The number of nitrogens with zero attached hydrogens (tertiary/aromatic N) is 2. The number of Topliss-reactive ketones (excluding diaryl/α,β-unsaturated/α-hetero) is 1. The lowest BCUT2D eigenvalue weighted by atomic mass is 9.96. The van der Waals surface area contributed by atoms with Crippen LogP contribution in [-0.2, 0) is 9.59 Å². The third-order valence-electron chi connectivity index (χ3n) is 5.74. The highest BCUT2D eigenvalue weighted by Crippen LogP contribution is 2.45. The first kappa shape index (κ1) is 22.0. The average Bonchev–Trinajstić information content (AvgIpc) is 3.53. The van der Waals surface area contributed by atoms with Crippen molar-refractivity contribution in [3.05, 3.63) is 86.6 Å². The molecule has 0 saturated carbocycles. The highest BCUT2D eigenvalue weighted by atomic mass is 32.1. The fraction of sp³-hybridized carbons (Fsp3) is 0.120. The number of carboxylic acids is 1. The Balaban J connectivity index is 1.71. The summed E-state index contributed by atoms with van der Waals surface area (Å²) in [5, 5.41) is 22.7. The number of aliphatic hydroxyl groups excluding tert-OH is 1. The number of aliphatic hydroxyl groups is 1. The summed E-state index contributed by atoms with van der Waals surface area (Å²) in [6, 6.07) is 12.8. The van der Waals surface area contributed by atoms with E-state index < -0.39 is 23.7 Å². The van der Waals surface area contributed by atoms with Crippen molar-refractivity contribution in [1.29, 1.82) is 0 Å². The number of aromatic nitrogens is 1. The SMILES string of the molecule is Cc1ccc(C)c(/C(O)=C2\C(=O)C(=O)N(c3nc4ccc(C(=O)O)cc4s3)C2c2cccs2)c1. The van der Waals surface area contributed by atoms with Gasteiger partial charge in [0, 0.05) is 10.4 Å². The minimum atomic E-state index is -1.07. The predicted molar refractivity (Wildman–Crippen MR) is 132 cm³/mol. The summed E-state index contributed by atoms with van der Waals surface area (Å²) in [6.45, 7) is 3.72. The second kappa shape index (κ2) is 8.19. The number of fused-ring (bicyclic) bond motifs is 1. The lowest BCUT2D eigenvalue weighted by Crippen LogP contribution is -2.28. The number of aryl methyl sites for hydroxylation is 2. The number of hydrogen-bond acceptors (Lipinski definition) is 7. The van der Waals surface area contributed by atoms with Crippen LogP contribution in [0.3, 0.4) is 0 Å². The third kappa shape index (κ3) is 3.49. The number of aromatic carboxylic acids is 1. The molecule has 0 bridgehead atoms. The Labute approximate surface area is 202 Å². The van der Waals surface area contributed by atoms with E-state index in [0.717, 1.165) is 22.5 Å². The number of thiazole rings is 1. The van der Waals surface area contributed by atoms with Crippen molar-refractivity contribution in [2.24, 2.45) is 0 Å². The maximum absolute atomic E-state index is 13.3. The number of amides is 1.